The summed E-state index contributed by atoms with van der Waals surface area (Å²) in [5.74, 6) is -2.43. The molecule has 0 spiro atoms. The van der Waals surface area contributed by atoms with E-state index in [-0.39, 0.29) is 48.1 Å². The molecule has 6 rings (SSSR count). The molecule has 3 atom stereocenters. The molecule has 1 N–H and O–H groups in total. The van der Waals surface area contributed by atoms with Crippen LogP contribution in [-0.2, 0) is 49.0 Å². The monoisotopic (exact) mass is 690 g/mol. The number of cyclic esters (lactones) is 1. The Morgan fingerprint density at radius 3 is 2.46 bits per heavy atom. The van der Waals surface area contributed by atoms with Gasteiger partial charge in [0.15, 0.2) is 0 Å². The fourth-order valence-electron chi connectivity index (χ4n) is 7.88. The lowest BCUT2D eigenvalue weighted by atomic mass is 9.81. The number of nitrogens with one attached hydrogen (secondary N) is 1. The molecule has 1 aliphatic carbocycles. The number of carbonyl (C=O) groups excluding carboxylic acids is 3. The number of ether oxygens (including phenoxy) is 3. The van der Waals surface area contributed by atoms with Gasteiger partial charge >= 0.3 is 18.0 Å². The Bertz CT molecular complexity index is 1980. The van der Waals surface area contributed by atoms with Crippen LogP contribution in [0.25, 0.3) is 22.3 Å². The number of esters is 2. The number of pyridine rings is 2. The largest absolute Gasteiger partial charge is 0.457 e. The Labute approximate surface area is 291 Å². The van der Waals surface area contributed by atoms with E-state index in [1.807, 2.05) is 6.92 Å². The quantitative estimate of drug-likeness (QED) is 0.176. The van der Waals surface area contributed by atoms with Gasteiger partial charge in [0, 0.05) is 28.6 Å². The Kier molecular flexibility index (Phi) is 9.07. The summed E-state index contributed by atoms with van der Waals surface area (Å²) in [7, 11) is 0. The highest BCUT2D eigenvalue weighted by molar-refractivity contribution is 5.94. The third-order valence-electron chi connectivity index (χ3n) is 10.4. The maximum Gasteiger partial charge on any atom is 0.408 e. The van der Waals surface area contributed by atoms with Gasteiger partial charge in [-0.05, 0) is 88.7 Å². The van der Waals surface area contributed by atoms with Crippen molar-refractivity contribution in [3.8, 4) is 11.4 Å². The second-order valence-electron chi connectivity index (χ2n) is 14.8. The van der Waals surface area contributed by atoms with Gasteiger partial charge in [-0.25, -0.2) is 23.8 Å². The normalized spacial score (nSPS) is 19.9. The minimum absolute atomic E-state index is 0.0359. The minimum Gasteiger partial charge on any atom is -0.457 e. The number of fused-ring (bicyclic) bond motifs is 5. The van der Waals surface area contributed by atoms with Crippen LogP contribution in [0.15, 0.2) is 16.9 Å². The van der Waals surface area contributed by atoms with Crippen molar-refractivity contribution in [2.45, 2.75) is 118 Å². The van der Waals surface area contributed by atoms with Crippen molar-refractivity contribution in [2.24, 2.45) is 5.92 Å². The van der Waals surface area contributed by atoms with Crippen molar-refractivity contribution < 1.29 is 33.0 Å². The van der Waals surface area contributed by atoms with E-state index < -0.39 is 41.2 Å². The van der Waals surface area contributed by atoms with Crippen molar-refractivity contribution in [3.05, 3.63) is 61.7 Å². The van der Waals surface area contributed by atoms with E-state index in [4.69, 9.17) is 19.2 Å². The topological polar surface area (TPSA) is 129 Å². The highest BCUT2D eigenvalue weighted by atomic mass is 19.1. The van der Waals surface area contributed by atoms with Gasteiger partial charge in [-0.15, -0.1) is 0 Å². The van der Waals surface area contributed by atoms with E-state index >= 15 is 4.39 Å². The first kappa shape index (κ1) is 35.5. The molecule has 1 aromatic carbocycles. The van der Waals surface area contributed by atoms with E-state index in [2.05, 4.69) is 24.1 Å². The molecule has 0 radical (unpaired) electrons. The molecule has 2 aliphatic heterocycles. The molecule has 12 heteroatoms. The fourth-order valence-corrected chi connectivity index (χ4v) is 7.88. The minimum atomic E-state index is -1.96. The van der Waals surface area contributed by atoms with Crippen LogP contribution in [0.2, 0.25) is 0 Å². The molecule has 3 aromatic rings. The summed E-state index contributed by atoms with van der Waals surface area (Å²) >= 11 is 0. The highest BCUT2D eigenvalue weighted by Gasteiger charge is 2.52. The number of nitrogens with zero attached hydrogens (tertiary/aromatic N) is 3. The summed E-state index contributed by atoms with van der Waals surface area (Å²) in [5, 5.41) is 3.53. The first-order valence-corrected chi connectivity index (χ1v) is 17.6. The summed E-state index contributed by atoms with van der Waals surface area (Å²) < 4.78 is 33.9. The Morgan fingerprint density at radius 1 is 1.14 bits per heavy atom. The summed E-state index contributed by atoms with van der Waals surface area (Å²) in [5.41, 5.74) is 2.34. The number of benzene rings is 1. The third-order valence-corrected chi connectivity index (χ3v) is 10.4. The standard InChI is InChI=1S/C38H47FN4O7/c1-10-38(49-34(45)31(19(4)5)41-36(47)50-37(7,8)9)24-15-28-32-22(17-43(28)33(44)23(24)18-48-35(38)46)30-27(42(11-2)12-3)14-13-21-20(6)25(39)16-26(40-32)29(21)30/h15-16,19,27,31H,10-14,17-18H2,1-9H3,(H,41,47)/t27?,31-,38-/m0/s1. The molecule has 268 valence electrons. The molecular formula is C38H47FN4O7. The van der Waals surface area contributed by atoms with Crippen LogP contribution in [0.1, 0.15) is 108 Å². The molecule has 0 saturated carbocycles. The molecular weight excluding hydrogens is 643 g/mol. The van der Waals surface area contributed by atoms with Gasteiger partial charge in [-0.2, -0.15) is 0 Å². The van der Waals surface area contributed by atoms with Crippen LogP contribution >= 0.6 is 0 Å². The summed E-state index contributed by atoms with van der Waals surface area (Å²) in [6.07, 6.45) is 0.682. The molecule has 3 aliphatic rings. The zero-order valence-corrected chi connectivity index (χ0v) is 30.4. The van der Waals surface area contributed by atoms with E-state index in [0.717, 1.165) is 48.0 Å². The number of amides is 1. The van der Waals surface area contributed by atoms with Crippen LogP contribution in [0.3, 0.4) is 0 Å². The molecule has 0 saturated heterocycles. The number of rotatable bonds is 8. The second-order valence-corrected chi connectivity index (χ2v) is 14.8. The predicted octanol–water partition coefficient (Wildman–Crippen LogP) is 5.96. The maximum absolute atomic E-state index is 15.3. The molecule has 0 bridgehead atoms. The van der Waals surface area contributed by atoms with E-state index in [1.54, 1.807) is 52.2 Å². The van der Waals surface area contributed by atoms with Gasteiger partial charge < -0.3 is 24.1 Å². The molecule has 50 heavy (non-hydrogen) atoms. The third kappa shape index (κ3) is 5.65. The number of alkyl carbamates (subject to hydrolysis) is 1. The van der Waals surface area contributed by atoms with E-state index in [9.17, 15) is 19.2 Å². The number of hydrogen-bond donors (Lipinski definition) is 1. The number of halogens is 1. The predicted molar refractivity (Wildman–Crippen MR) is 185 cm³/mol. The van der Waals surface area contributed by atoms with Crippen molar-refractivity contribution in [1.29, 1.82) is 0 Å². The first-order valence-electron chi connectivity index (χ1n) is 17.6. The fraction of sp³-hybridized carbons (Fsp3) is 0.553. The second kappa shape index (κ2) is 12.8. The van der Waals surface area contributed by atoms with E-state index in [1.165, 1.54) is 6.07 Å². The molecule has 0 fully saturated rings. The summed E-state index contributed by atoms with van der Waals surface area (Å²) in [4.78, 5) is 62.0. The average Bonchev–Trinajstić information content (AvgIpc) is 3.42. The molecule has 4 heterocycles. The number of aryl methyl sites for hydroxylation is 1. The smallest absolute Gasteiger partial charge is 0.408 e. The van der Waals surface area contributed by atoms with E-state index in [0.29, 0.717) is 22.5 Å². The molecule has 2 aromatic heterocycles. The highest BCUT2D eigenvalue weighted by Crippen LogP contribution is 2.48. The molecule has 1 amide bonds. The van der Waals surface area contributed by atoms with Gasteiger partial charge in [-0.1, -0.05) is 34.6 Å². The number of carbonyl (C=O) groups is 3. The number of aromatic nitrogens is 2. The van der Waals surface area contributed by atoms with Gasteiger partial charge in [0.25, 0.3) is 5.56 Å². The summed E-state index contributed by atoms with van der Waals surface area (Å²) in [6, 6.07) is 2.07. The molecule has 1 unspecified atom stereocenters. The van der Waals surface area contributed by atoms with Crippen molar-refractivity contribution in [1.82, 2.24) is 19.8 Å². The van der Waals surface area contributed by atoms with Crippen LogP contribution in [0.4, 0.5) is 9.18 Å². The lowest BCUT2D eigenvalue weighted by molar-refractivity contribution is -0.191. The van der Waals surface area contributed by atoms with Crippen LogP contribution in [0, 0.1) is 18.7 Å². The van der Waals surface area contributed by atoms with Crippen LogP contribution in [-0.4, -0.2) is 57.2 Å². The van der Waals surface area contributed by atoms with Gasteiger partial charge in [0.2, 0.25) is 5.60 Å². The number of hydrogen-bond acceptors (Lipinski definition) is 9. The lowest BCUT2D eigenvalue weighted by Gasteiger charge is -2.37. The van der Waals surface area contributed by atoms with Crippen LogP contribution in [0.5, 0.6) is 0 Å². The van der Waals surface area contributed by atoms with Gasteiger partial charge in [-0.3, -0.25) is 9.69 Å². The lowest BCUT2D eigenvalue weighted by Crippen LogP contribution is -2.53. The van der Waals surface area contributed by atoms with Gasteiger partial charge in [0.1, 0.15) is 24.1 Å². The maximum atomic E-state index is 15.3. The zero-order chi connectivity index (χ0) is 36.4. The Hall–Kier alpha value is -4.32. The van der Waals surface area contributed by atoms with Crippen molar-refractivity contribution in [3.63, 3.8) is 0 Å². The van der Waals surface area contributed by atoms with Gasteiger partial charge in [0.05, 0.1) is 29.0 Å². The Morgan fingerprint density at radius 2 is 1.84 bits per heavy atom. The Balaban J connectivity index is 1.51. The zero-order valence-electron chi connectivity index (χ0n) is 30.4. The first-order chi connectivity index (χ1) is 23.6. The average molecular weight is 691 g/mol. The van der Waals surface area contributed by atoms with Crippen molar-refractivity contribution >= 4 is 28.9 Å². The molecule has 11 nitrogen and oxygen atoms in total. The SMILES string of the molecule is CCN(CC)C1CCc2c(C)c(F)cc3nc4c(c1c23)Cn1c-4cc2c(c1=O)COC(=O)[C@@]2(CC)OC(=O)[C@@H](NC(=O)OC(C)(C)C)C(C)C. The van der Waals surface area contributed by atoms with Crippen LogP contribution < -0.4 is 10.9 Å². The summed E-state index contributed by atoms with van der Waals surface area (Å²) in [6.45, 7) is 17.9. The van der Waals surface area contributed by atoms with Crippen molar-refractivity contribution in [2.75, 3.05) is 13.1 Å².